The summed E-state index contributed by atoms with van der Waals surface area (Å²) in [4.78, 5) is 4.63. The summed E-state index contributed by atoms with van der Waals surface area (Å²) >= 11 is 0. The van der Waals surface area contributed by atoms with E-state index in [1.165, 1.54) is 42.5 Å². The third kappa shape index (κ3) is 2.27. The Morgan fingerprint density at radius 3 is 2.56 bits per heavy atom. The summed E-state index contributed by atoms with van der Waals surface area (Å²) in [6, 6.07) is 2.69. The lowest BCUT2D eigenvalue weighted by atomic mass is 9.92. The van der Waals surface area contributed by atoms with Crippen LogP contribution >= 0.6 is 0 Å². The molecule has 0 radical (unpaired) electrons. The van der Waals surface area contributed by atoms with Gasteiger partial charge in [-0.25, -0.2) is 0 Å². The molecule has 1 heterocycles. The molecule has 1 unspecified atom stereocenters. The average Bonchev–Trinajstić information content (AvgIpc) is 2.75. The number of hydrogen-bond acceptors (Lipinski definition) is 2. The largest absolute Gasteiger partial charge is 0.311 e. The first kappa shape index (κ1) is 11.6. The Morgan fingerprint density at radius 1 is 1.31 bits per heavy atom. The number of nitrogens with one attached hydrogen (secondary N) is 1. The molecule has 0 amide bonds. The molecule has 0 saturated heterocycles. The summed E-state index contributed by atoms with van der Waals surface area (Å²) in [6.07, 6.45) is 7.45. The van der Waals surface area contributed by atoms with Gasteiger partial charge in [0.15, 0.2) is 0 Å². The number of aryl methyl sites for hydroxylation is 2. The molecule has 0 spiro atoms. The normalized spacial score (nSPS) is 18.9. The van der Waals surface area contributed by atoms with E-state index in [-0.39, 0.29) is 0 Å². The maximum absolute atomic E-state index is 4.63. The number of hydrogen-bond donors (Lipinski definition) is 1. The Bertz CT molecular complexity index is 354. The van der Waals surface area contributed by atoms with Crippen LogP contribution in [0.1, 0.15) is 48.5 Å². The molecule has 2 rings (SSSR count). The van der Waals surface area contributed by atoms with Crippen molar-refractivity contribution in [2.24, 2.45) is 5.92 Å². The first-order valence-corrected chi connectivity index (χ1v) is 6.33. The quantitative estimate of drug-likeness (QED) is 0.843. The highest BCUT2D eigenvalue weighted by atomic mass is 14.9. The van der Waals surface area contributed by atoms with Crippen molar-refractivity contribution in [3.63, 3.8) is 0 Å². The lowest BCUT2D eigenvalue weighted by molar-refractivity contribution is 0.381. The van der Waals surface area contributed by atoms with E-state index >= 15 is 0 Å². The van der Waals surface area contributed by atoms with Gasteiger partial charge < -0.3 is 5.32 Å². The molecule has 2 nitrogen and oxygen atoms in total. The van der Waals surface area contributed by atoms with Gasteiger partial charge in [0.05, 0.1) is 11.7 Å². The van der Waals surface area contributed by atoms with E-state index in [9.17, 15) is 0 Å². The average molecular weight is 218 g/mol. The third-order valence-electron chi connectivity index (χ3n) is 3.73. The maximum atomic E-state index is 4.63. The molecule has 1 aromatic heterocycles. The second-order valence-corrected chi connectivity index (χ2v) is 5.03. The SMILES string of the molecule is CNC(c1ncc(C)cc1C)C1CCCC1. The van der Waals surface area contributed by atoms with Gasteiger partial charge in [0, 0.05) is 6.20 Å². The number of pyridine rings is 1. The van der Waals surface area contributed by atoms with Gasteiger partial charge in [-0.15, -0.1) is 0 Å². The van der Waals surface area contributed by atoms with Crippen LogP contribution in [0.3, 0.4) is 0 Å². The van der Waals surface area contributed by atoms with Gasteiger partial charge >= 0.3 is 0 Å². The molecule has 0 aromatic carbocycles. The summed E-state index contributed by atoms with van der Waals surface area (Å²) in [7, 11) is 2.06. The van der Waals surface area contributed by atoms with Crippen LogP contribution in [0.2, 0.25) is 0 Å². The highest BCUT2D eigenvalue weighted by Gasteiger charge is 2.26. The summed E-state index contributed by atoms with van der Waals surface area (Å²) in [5.41, 5.74) is 3.83. The van der Waals surface area contributed by atoms with E-state index in [1.807, 2.05) is 6.20 Å². The predicted octanol–water partition coefficient (Wildman–Crippen LogP) is 3.15. The van der Waals surface area contributed by atoms with Crippen molar-refractivity contribution >= 4 is 0 Å². The van der Waals surface area contributed by atoms with Gasteiger partial charge in [0.25, 0.3) is 0 Å². The highest BCUT2D eigenvalue weighted by molar-refractivity contribution is 5.26. The lowest BCUT2D eigenvalue weighted by Gasteiger charge is -2.24. The maximum Gasteiger partial charge on any atom is 0.0605 e. The summed E-state index contributed by atoms with van der Waals surface area (Å²) in [5.74, 6) is 0.777. The number of rotatable bonds is 3. The molecule has 0 bridgehead atoms. The zero-order chi connectivity index (χ0) is 11.5. The van der Waals surface area contributed by atoms with Gasteiger partial charge in [-0.05, 0) is 50.8 Å². The van der Waals surface area contributed by atoms with Gasteiger partial charge in [0.1, 0.15) is 0 Å². The Labute approximate surface area is 98.5 Å². The molecule has 1 aromatic rings. The van der Waals surface area contributed by atoms with Gasteiger partial charge in [-0.2, -0.15) is 0 Å². The summed E-state index contributed by atoms with van der Waals surface area (Å²) < 4.78 is 0. The fourth-order valence-electron chi connectivity index (χ4n) is 2.94. The van der Waals surface area contributed by atoms with Crippen LogP contribution in [0.5, 0.6) is 0 Å². The van der Waals surface area contributed by atoms with E-state index in [1.54, 1.807) is 0 Å². The van der Waals surface area contributed by atoms with Crippen molar-refractivity contribution in [1.29, 1.82) is 0 Å². The van der Waals surface area contributed by atoms with Crippen molar-refractivity contribution in [2.75, 3.05) is 7.05 Å². The van der Waals surface area contributed by atoms with Crippen molar-refractivity contribution in [1.82, 2.24) is 10.3 Å². The van der Waals surface area contributed by atoms with Gasteiger partial charge in [0.2, 0.25) is 0 Å². The molecular formula is C14H22N2. The second kappa shape index (κ2) is 4.96. The molecule has 16 heavy (non-hydrogen) atoms. The number of nitrogens with zero attached hydrogens (tertiary/aromatic N) is 1. The lowest BCUT2D eigenvalue weighted by Crippen LogP contribution is -2.25. The molecule has 1 saturated carbocycles. The van der Waals surface area contributed by atoms with E-state index in [2.05, 4.69) is 37.3 Å². The molecule has 0 aliphatic heterocycles. The molecule has 1 fully saturated rings. The van der Waals surface area contributed by atoms with E-state index < -0.39 is 0 Å². The minimum atomic E-state index is 0.447. The monoisotopic (exact) mass is 218 g/mol. The molecule has 1 N–H and O–H groups in total. The first-order valence-electron chi connectivity index (χ1n) is 6.33. The summed E-state index contributed by atoms with van der Waals surface area (Å²) in [5, 5.41) is 3.46. The van der Waals surface area contributed by atoms with Crippen molar-refractivity contribution in [3.05, 3.63) is 29.1 Å². The van der Waals surface area contributed by atoms with Gasteiger partial charge in [-0.1, -0.05) is 18.9 Å². The first-order chi connectivity index (χ1) is 7.72. The molecule has 1 aliphatic carbocycles. The second-order valence-electron chi connectivity index (χ2n) is 5.03. The van der Waals surface area contributed by atoms with Crippen LogP contribution < -0.4 is 5.32 Å². The fraction of sp³-hybridized carbons (Fsp3) is 0.643. The van der Waals surface area contributed by atoms with Crippen LogP contribution in [0.25, 0.3) is 0 Å². The summed E-state index contributed by atoms with van der Waals surface area (Å²) in [6.45, 7) is 4.28. The zero-order valence-electron chi connectivity index (χ0n) is 10.6. The number of aromatic nitrogens is 1. The molecule has 2 heteroatoms. The van der Waals surface area contributed by atoms with Crippen LogP contribution in [0, 0.1) is 19.8 Å². The topological polar surface area (TPSA) is 24.9 Å². The third-order valence-corrected chi connectivity index (χ3v) is 3.73. The minimum Gasteiger partial charge on any atom is -0.311 e. The van der Waals surface area contributed by atoms with Crippen LogP contribution in [-0.2, 0) is 0 Å². The van der Waals surface area contributed by atoms with Crippen LogP contribution in [0.4, 0.5) is 0 Å². The van der Waals surface area contributed by atoms with Crippen molar-refractivity contribution in [2.45, 2.75) is 45.6 Å². The van der Waals surface area contributed by atoms with E-state index in [0.29, 0.717) is 6.04 Å². The van der Waals surface area contributed by atoms with E-state index in [0.717, 1.165) is 5.92 Å². The van der Waals surface area contributed by atoms with Crippen molar-refractivity contribution in [3.8, 4) is 0 Å². The molecule has 1 aliphatic rings. The Kier molecular flexibility index (Phi) is 3.59. The molecular weight excluding hydrogens is 196 g/mol. The van der Waals surface area contributed by atoms with E-state index in [4.69, 9.17) is 0 Å². The predicted molar refractivity (Wildman–Crippen MR) is 67.5 cm³/mol. The van der Waals surface area contributed by atoms with Crippen LogP contribution in [-0.4, -0.2) is 12.0 Å². The van der Waals surface area contributed by atoms with Gasteiger partial charge in [-0.3, -0.25) is 4.98 Å². The minimum absolute atomic E-state index is 0.447. The zero-order valence-corrected chi connectivity index (χ0v) is 10.6. The molecule has 88 valence electrons. The standard InChI is InChI=1S/C14H22N2/c1-10-8-11(2)13(16-9-10)14(15-3)12-6-4-5-7-12/h8-9,12,14-15H,4-7H2,1-3H3. The Hall–Kier alpha value is -0.890. The highest BCUT2D eigenvalue weighted by Crippen LogP contribution is 2.35. The Balaban J connectivity index is 2.25. The fourth-order valence-corrected chi connectivity index (χ4v) is 2.94. The molecule has 1 atom stereocenters. The van der Waals surface area contributed by atoms with Crippen molar-refractivity contribution < 1.29 is 0 Å². The van der Waals surface area contributed by atoms with Crippen LogP contribution in [0.15, 0.2) is 12.3 Å². The Morgan fingerprint density at radius 2 is 2.00 bits per heavy atom. The smallest absolute Gasteiger partial charge is 0.0605 e.